The number of nitrogens with two attached hydrogens (primary N) is 1. The summed E-state index contributed by atoms with van der Waals surface area (Å²) in [6.45, 7) is 3.72. The van der Waals surface area contributed by atoms with Gasteiger partial charge in [0.05, 0.1) is 25.8 Å². The minimum absolute atomic E-state index is 0.0449. The number of nitrogens with one attached hydrogen (secondary N) is 8. The first-order valence-corrected chi connectivity index (χ1v) is 22.5. The summed E-state index contributed by atoms with van der Waals surface area (Å²) in [6, 6.07) is 3.56. The Labute approximate surface area is 386 Å². The number of carbonyl (C=O) groups is 9. The van der Waals surface area contributed by atoms with Crippen molar-refractivity contribution in [3.8, 4) is 5.75 Å². The van der Waals surface area contributed by atoms with Gasteiger partial charge in [-0.2, -0.15) is 11.8 Å². The van der Waals surface area contributed by atoms with Gasteiger partial charge >= 0.3 is 5.97 Å². The lowest BCUT2D eigenvalue weighted by atomic mass is 10.00. The van der Waals surface area contributed by atoms with Gasteiger partial charge in [-0.1, -0.05) is 56.3 Å². The van der Waals surface area contributed by atoms with Crippen LogP contribution in [-0.2, 0) is 56.0 Å². The maximum atomic E-state index is 14.2. The van der Waals surface area contributed by atoms with Gasteiger partial charge in [0.15, 0.2) is 0 Å². The van der Waals surface area contributed by atoms with Crippen molar-refractivity contribution in [2.45, 2.75) is 102 Å². The number of aliphatic carboxylic acids is 1. The van der Waals surface area contributed by atoms with Crippen molar-refractivity contribution in [1.82, 2.24) is 42.5 Å². The van der Waals surface area contributed by atoms with Crippen LogP contribution in [0.1, 0.15) is 51.7 Å². The Hall–Kier alpha value is -6.30. The third kappa shape index (κ3) is 19.8. The number of rotatable bonds is 28. The SMILES string of the molecule is CSCC[C@H](NC(=O)[C@H](C)N)C(=O)N[C@@H](C)C(=O)NCC(=O)N[C@@H](CO)C(=O)N[C@@H](Cc1ccc(O)cc1)C(=O)N[C@@H](Cc1ccccc1)C(=O)N[C@@H](CC(C)C)C(=O)N[C@@H](CO)C(=O)O. The maximum Gasteiger partial charge on any atom is 0.328 e. The molecule has 0 unspecified atom stereocenters. The van der Waals surface area contributed by atoms with Gasteiger partial charge in [0.2, 0.25) is 47.3 Å². The number of amides is 8. The second-order valence-corrected chi connectivity index (χ2v) is 16.8. The molecule has 0 aliphatic rings. The van der Waals surface area contributed by atoms with E-state index in [2.05, 4.69) is 42.5 Å². The molecular weight excluding hydrogens is 883 g/mol. The van der Waals surface area contributed by atoms with Crippen LogP contribution in [0.3, 0.4) is 0 Å². The molecule has 2 aromatic carbocycles. The molecule has 66 heavy (non-hydrogen) atoms. The molecular formula is C43H63N9O13S. The molecule has 2 rings (SSSR count). The fourth-order valence-corrected chi connectivity index (χ4v) is 6.53. The number of benzene rings is 2. The number of hydrogen-bond acceptors (Lipinski definition) is 14. The number of thioether (sulfide) groups is 1. The molecule has 0 fully saturated rings. The van der Waals surface area contributed by atoms with Gasteiger partial charge in [0, 0.05) is 12.8 Å². The fourth-order valence-electron chi connectivity index (χ4n) is 6.06. The fraction of sp³-hybridized carbons (Fsp3) is 0.512. The molecule has 2 aromatic rings. The van der Waals surface area contributed by atoms with Crippen LogP contribution in [0.4, 0.5) is 0 Å². The molecule has 364 valence electrons. The summed E-state index contributed by atoms with van der Waals surface area (Å²) < 4.78 is 0. The van der Waals surface area contributed by atoms with Gasteiger partial charge in [-0.3, -0.25) is 38.4 Å². The Morgan fingerprint density at radius 3 is 1.55 bits per heavy atom. The Morgan fingerprint density at radius 1 is 0.576 bits per heavy atom. The average Bonchev–Trinajstić information content (AvgIpc) is 3.27. The van der Waals surface area contributed by atoms with Crippen molar-refractivity contribution in [2.24, 2.45) is 11.7 Å². The van der Waals surface area contributed by atoms with Crippen LogP contribution in [0, 0.1) is 5.92 Å². The normalized spacial score (nSPS) is 14.6. The van der Waals surface area contributed by atoms with E-state index in [1.165, 1.54) is 49.9 Å². The highest BCUT2D eigenvalue weighted by molar-refractivity contribution is 7.98. The summed E-state index contributed by atoms with van der Waals surface area (Å²) in [5.41, 5.74) is 6.63. The third-order valence-electron chi connectivity index (χ3n) is 9.73. The van der Waals surface area contributed by atoms with Crippen LogP contribution < -0.4 is 48.3 Å². The number of aliphatic hydroxyl groups excluding tert-OH is 2. The van der Waals surface area contributed by atoms with E-state index in [4.69, 9.17) is 5.73 Å². The van der Waals surface area contributed by atoms with Crippen LogP contribution in [0.15, 0.2) is 54.6 Å². The molecule has 0 saturated heterocycles. The van der Waals surface area contributed by atoms with E-state index in [1.807, 2.05) is 6.26 Å². The van der Waals surface area contributed by atoms with Gasteiger partial charge in [-0.05, 0) is 67.9 Å². The van der Waals surface area contributed by atoms with E-state index in [0.29, 0.717) is 16.9 Å². The van der Waals surface area contributed by atoms with Crippen molar-refractivity contribution in [2.75, 3.05) is 31.8 Å². The van der Waals surface area contributed by atoms with E-state index < -0.39 is 121 Å². The van der Waals surface area contributed by atoms with E-state index >= 15 is 0 Å². The molecule has 0 aliphatic carbocycles. The Kier molecular flexibility index (Phi) is 24.2. The minimum atomic E-state index is -1.67. The largest absolute Gasteiger partial charge is 0.508 e. The molecule has 0 radical (unpaired) electrons. The van der Waals surface area contributed by atoms with Gasteiger partial charge in [-0.25, -0.2) is 4.79 Å². The lowest BCUT2D eigenvalue weighted by molar-refractivity contribution is -0.143. The predicted octanol–water partition coefficient (Wildman–Crippen LogP) is -3.08. The van der Waals surface area contributed by atoms with E-state index in [9.17, 15) is 63.6 Å². The first-order chi connectivity index (χ1) is 31.2. The van der Waals surface area contributed by atoms with Crippen LogP contribution in [0.2, 0.25) is 0 Å². The molecule has 0 spiro atoms. The van der Waals surface area contributed by atoms with Crippen LogP contribution in [0.25, 0.3) is 0 Å². The highest BCUT2D eigenvalue weighted by Gasteiger charge is 2.33. The van der Waals surface area contributed by atoms with Crippen LogP contribution in [-0.4, -0.2) is 154 Å². The van der Waals surface area contributed by atoms with Crippen molar-refractivity contribution >= 4 is 65.0 Å². The first kappa shape index (κ1) is 55.8. The average molecular weight is 946 g/mol. The van der Waals surface area contributed by atoms with Crippen molar-refractivity contribution in [3.05, 3.63) is 65.7 Å². The van der Waals surface area contributed by atoms with Crippen molar-refractivity contribution in [1.29, 1.82) is 0 Å². The second-order valence-electron chi connectivity index (χ2n) is 15.8. The summed E-state index contributed by atoms with van der Waals surface area (Å²) >= 11 is 1.44. The van der Waals surface area contributed by atoms with Gasteiger partial charge in [0.1, 0.15) is 48.0 Å². The van der Waals surface area contributed by atoms with Crippen molar-refractivity contribution < 1.29 is 63.6 Å². The van der Waals surface area contributed by atoms with Gasteiger partial charge in [-0.15, -0.1) is 0 Å². The van der Waals surface area contributed by atoms with Gasteiger partial charge < -0.3 is 68.7 Å². The molecule has 0 heterocycles. The summed E-state index contributed by atoms with van der Waals surface area (Å²) in [6.07, 6.45) is 1.76. The second kappa shape index (κ2) is 28.6. The molecule has 0 aromatic heterocycles. The Morgan fingerprint density at radius 2 is 1.05 bits per heavy atom. The first-order valence-electron chi connectivity index (χ1n) is 21.1. The number of carboxylic acid groups (broad SMARTS) is 1. The molecule has 22 nitrogen and oxygen atoms in total. The quantitative estimate of drug-likeness (QED) is 0.0403. The maximum absolute atomic E-state index is 14.2. The number of carboxylic acids is 1. The van der Waals surface area contributed by atoms with Crippen molar-refractivity contribution in [3.63, 3.8) is 0 Å². The number of carbonyl (C=O) groups excluding carboxylic acids is 8. The lowest BCUT2D eigenvalue weighted by Gasteiger charge is -2.27. The smallest absolute Gasteiger partial charge is 0.328 e. The number of phenolic OH excluding ortho intramolecular Hbond substituents is 1. The molecule has 8 atom stereocenters. The molecule has 0 aliphatic heterocycles. The highest BCUT2D eigenvalue weighted by Crippen LogP contribution is 2.13. The number of aliphatic hydroxyl groups is 2. The van der Waals surface area contributed by atoms with Gasteiger partial charge in [0.25, 0.3) is 0 Å². The zero-order valence-corrected chi connectivity index (χ0v) is 38.3. The lowest BCUT2D eigenvalue weighted by Crippen LogP contribution is -2.60. The summed E-state index contributed by atoms with van der Waals surface area (Å²) in [5, 5.41) is 58.3. The van der Waals surface area contributed by atoms with Crippen LogP contribution in [0.5, 0.6) is 5.75 Å². The summed E-state index contributed by atoms with van der Waals surface area (Å²) in [4.78, 5) is 117. The highest BCUT2D eigenvalue weighted by atomic mass is 32.2. The van der Waals surface area contributed by atoms with E-state index in [-0.39, 0.29) is 37.4 Å². The molecule has 0 bridgehead atoms. The summed E-state index contributed by atoms with van der Waals surface area (Å²) in [7, 11) is 0. The monoisotopic (exact) mass is 945 g/mol. The number of aromatic hydroxyl groups is 1. The minimum Gasteiger partial charge on any atom is -0.508 e. The molecule has 0 saturated carbocycles. The Balaban J connectivity index is 2.28. The topological polar surface area (TPSA) is 357 Å². The van der Waals surface area contributed by atoms with E-state index in [1.54, 1.807) is 44.2 Å². The zero-order chi connectivity index (χ0) is 49.5. The summed E-state index contributed by atoms with van der Waals surface area (Å²) in [5.74, 6) is -7.93. The molecule has 8 amide bonds. The molecule has 14 N–H and O–H groups in total. The van der Waals surface area contributed by atoms with Crippen LogP contribution >= 0.6 is 11.8 Å². The number of hydrogen-bond donors (Lipinski definition) is 13. The standard InChI is InChI=1S/C43H63N9O13S/c1-23(2)17-30(39(60)52-34(22-54)43(64)65)49-40(61)31(18-26-9-7-6-8-10-26)50-41(62)32(19-27-11-13-28(55)14-12-27)51-42(63)33(21-53)47-35(56)20-45-37(58)25(4)46-38(59)29(15-16-66-5)48-36(57)24(3)44/h6-14,23-25,29-34,53-55H,15-22,44H2,1-5H3,(H,45,58)(H,46,59)(H,47,56)(H,48,57)(H,49,61)(H,50,62)(H,51,63)(H,52,60)(H,64,65)/t24-,25-,29-,30-,31-,32-,33-,34-/m0/s1. The molecule has 23 heteroatoms. The zero-order valence-electron chi connectivity index (χ0n) is 37.5. The number of phenols is 1. The third-order valence-corrected chi connectivity index (χ3v) is 10.4. The van der Waals surface area contributed by atoms with E-state index in [0.717, 1.165) is 0 Å². The Bertz CT molecular complexity index is 1960. The predicted molar refractivity (Wildman–Crippen MR) is 242 cm³/mol.